The van der Waals surface area contributed by atoms with Crippen molar-refractivity contribution in [3.05, 3.63) is 59.1 Å². The summed E-state index contributed by atoms with van der Waals surface area (Å²) in [5, 5.41) is 5.80. The summed E-state index contributed by atoms with van der Waals surface area (Å²) in [6.07, 6.45) is 0.371. The van der Waals surface area contributed by atoms with Crippen LogP contribution in [-0.4, -0.2) is 37.5 Å². The first kappa shape index (κ1) is 23.2. The number of esters is 1. The quantitative estimate of drug-likeness (QED) is 0.589. The molecular weight excluding hydrogens is 408 g/mol. The van der Waals surface area contributed by atoms with Gasteiger partial charge in [0.05, 0.1) is 7.11 Å². The Morgan fingerprint density at radius 3 is 2.40 bits per heavy atom. The minimum Gasteiger partial charge on any atom is -0.497 e. The van der Waals surface area contributed by atoms with Gasteiger partial charge in [-0.2, -0.15) is 0 Å². The number of hydrogen-bond donors (Lipinski definition) is 2. The van der Waals surface area contributed by atoms with Crippen LogP contribution in [-0.2, 0) is 14.3 Å². The summed E-state index contributed by atoms with van der Waals surface area (Å²) in [5.74, 6) is -0.879. The van der Waals surface area contributed by atoms with Crippen molar-refractivity contribution in [1.29, 1.82) is 0 Å². The molecule has 0 saturated heterocycles. The largest absolute Gasteiger partial charge is 0.497 e. The molecule has 8 heteroatoms. The standard InChI is InChI=1S/C22H25ClN2O5/c1-14(2)11-19(25-21(27)15-7-9-16(23)10-8-15)22(28)30-13-20(26)24-17-5-4-6-18(12-17)29-3/h4-10,12,14,19H,11,13H2,1-3H3,(H,24,26)(H,25,27). The molecule has 0 bridgehead atoms. The highest BCUT2D eigenvalue weighted by molar-refractivity contribution is 6.30. The Morgan fingerprint density at radius 2 is 1.77 bits per heavy atom. The van der Waals surface area contributed by atoms with Crippen LogP contribution in [0, 0.1) is 5.92 Å². The van der Waals surface area contributed by atoms with E-state index >= 15 is 0 Å². The molecule has 0 heterocycles. The zero-order valence-corrected chi connectivity index (χ0v) is 17.9. The van der Waals surface area contributed by atoms with Gasteiger partial charge in [0.2, 0.25) is 0 Å². The van der Waals surface area contributed by atoms with Gasteiger partial charge in [0.1, 0.15) is 11.8 Å². The van der Waals surface area contributed by atoms with Gasteiger partial charge in [-0.15, -0.1) is 0 Å². The van der Waals surface area contributed by atoms with Crippen LogP contribution in [0.5, 0.6) is 5.75 Å². The zero-order chi connectivity index (χ0) is 22.1. The smallest absolute Gasteiger partial charge is 0.329 e. The number of rotatable bonds is 9. The molecule has 2 N–H and O–H groups in total. The van der Waals surface area contributed by atoms with Crippen molar-refractivity contribution in [2.75, 3.05) is 19.0 Å². The van der Waals surface area contributed by atoms with Crippen LogP contribution in [0.25, 0.3) is 0 Å². The van der Waals surface area contributed by atoms with Crippen molar-refractivity contribution in [3.8, 4) is 5.75 Å². The van der Waals surface area contributed by atoms with E-state index < -0.39 is 30.4 Å². The maximum atomic E-state index is 12.5. The highest BCUT2D eigenvalue weighted by atomic mass is 35.5. The molecule has 160 valence electrons. The summed E-state index contributed by atoms with van der Waals surface area (Å²) in [7, 11) is 1.52. The lowest BCUT2D eigenvalue weighted by atomic mass is 10.0. The molecule has 2 aromatic rings. The van der Waals surface area contributed by atoms with Gasteiger partial charge in [0.15, 0.2) is 6.61 Å². The second kappa shape index (κ2) is 11.2. The maximum absolute atomic E-state index is 12.5. The Bertz CT molecular complexity index is 883. The van der Waals surface area contributed by atoms with Crippen LogP contribution < -0.4 is 15.4 Å². The number of amides is 2. The fourth-order valence-electron chi connectivity index (χ4n) is 2.66. The molecule has 0 radical (unpaired) electrons. The van der Waals surface area contributed by atoms with Gasteiger partial charge < -0.3 is 20.1 Å². The number of hydrogen-bond acceptors (Lipinski definition) is 5. The summed E-state index contributed by atoms with van der Waals surface area (Å²) >= 11 is 5.84. The average Bonchev–Trinajstić information content (AvgIpc) is 2.71. The highest BCUT2D eigenvalue weighted by Gasteiger charge is 2.24. The second-order valence-corrected chi connectivity index (χ2v) is 7.49. The van der Waals surface area contributed by atoms with Gasteiger partial charge in [-0.25, -0.2) is 4.79 Å². The van der Waals surface area contributed by atoms with E-state index in [9.17, 15) is 14.4 Å². The Morgan fingerprint density at radius 1 is 1.07 bits per heavy atom. The number of ether oxygens (including phenoxy) is 2. The third-order valence-corrected chi connectivity index (χ3v) is 4.35. The Hall–Kier alpha value is -3.06. The molecule has 0 aromatic heterocycles. The molecular formula is C22H25ClN2O5. The predicted molar refractivity (Wildman–Crippen MR) is 115 cm³/mol. The minimum atomic E-state index is -0.877. The van der Waals surface area contributed by atoms with Crippen LogP contribution in [0.1, 0.15) is 30.6 Å². The van der Waals surface area contributed by atoms with Crippen LogP contribution >= 0.6 is 11.6 Å². The first-order valence-electron chi connectivity index (χ1n) is 9.45. The minimum absolute atomic E-state index is 0.124. The topological polar surface area (TPSA) is 93.7 Å². The molecule has 1 atom stereocenters. The van der Waals surface area contributed by atoms with Crippen molar-refractivity contribution in [1.82, 2.24) is 5.32 Å². The lowest BCUT2D eigenvalue weighted by Crippen LogP contribution is -2.43. The van der Waals surface area contributed by atoms with Gasteiger partial charge in [-0.1, -0.05) is 31.5 Å². The SMILES string of the molecule is COc1cccc(NC(=O)COC(=O)C(CC(C)C)NC(=O)c2ccc(Cl)cc2)c1. The number of carbonyl (C=O) groups is 3. The number of methoxy groups -OCH3 is 1. The molecule has 0 aliphatic heterocycles. The molecule has 30 heavy (non-hydrogen) atoms. The normalized spacial score (nSPS) is 11.5. The van der Waals surface area contributed by atoms with Crippen molar-refractivity contribution in [2.45, 2.75) is 26.3 Å². The summed E-state index contributed by atoms with van der Waals surface area (Å²) in [4.78, 5) is 37.0. The molecule has 1 unspecified atom stereocenters. The van der Waals surface area contributed by atoms with Crippen molar-refractivity contribution >= 4 is 35.1 Å². The van der Waals surface area contributed by atoms with Crippen LogP contribution in [0.15, 0.2) is 48.5 Å². The Labute approximate surface area is 180 Å². The number of nitrogens with one attached hydrogen (secondary N) is 2. The summed E-state index contributed by atoms with van der Waals surface area (Å²) in [6, 6.07) is 12.3. The highest BCUT2D eigenvalue weighted by Crippen LogP contribution is 2.16. The molecule has 0 saturated carbocycles. The Kier molecular flexibility index (Phi) is 8.68. The molecule has 0 aliphatic rings. The van der Waals surface area contributed by atoms with E-state index in [4.69, 9.17) is 21.1 Å². The number of anilines is 1. The lowest BCUT2D eigenvalue weighted by molar-refractivity contribution is -0.149. The second-order valence-electron chi connectivity index (χ2n) is 7.05. The van der Waals surface area contributed by atoms with Crippen LogP contribution in [0.4, 0.5) is 5.69 Å². The van der Waals surface area contributed by atoms with Crippen molar-refractivity contribution in [3.63, 3.8) is 0 Å². The zero-order valence-electron chi connectivity index (χ0n) is 17.1. The third-order valence-electron chi connectivity index (χ3n) is 4.10. The fourth-order valence-corrected chi connectivity index (χ4v) is 2.79. The van der Waals surface area contributed by atoms with Crippen molar-refractivity contribution in [2.24, 2.45) is 5.92 Å². The number of carbonyl (C=O) groups excluding carboxylic acids is 3. The average molecular weight is 433 g/mol. The molecule has 2 amide bonds. The monoisotopic (exact) mass is 432 g/mol. The van der Waals surface area contributed by atoms with E-state index in [1.807, 2.05) is 13.8 Å². The van der Waals surface area contributed by atoms with E-state index in [0.717, 1.165) is 0 Å². The number of halogens is 1. The van der Waals surface area contributed by atoms with Gasteiger partial charge in [-0.3, -0.25) is 9.59 Å². The summed E-state index contributed by atoms with van der Waals surface area (Å²) < 4.78 is 10.2. The van der Waals surface area contributed by atoms with Crippen molar-refractivity contribution < 1.29 is 23.9 Å². The van der Waals surface area contributed by atoms with Gasteiger partial charge in [0, 0.05) is 22.3 Å². The molecule has 2 aromatic carbocycles. The Balaban J connectivity index is 1.94. The van der Waals surface area contributed by atoms with E-state index in [1.165, 1.54) is 7.11 Å². The van der Waals surface area contributed by atoms with Gasteiger partial charge in [0.25, 0.3) is 11.8 Å². The van der Waals surface area contributed by atoms with E-state index in [0.29, 0.717) is 28.4 Å². The van der Waals surface area contributed by atoms with E-state index in [1.54, 1.807) is 48.5 Å². The molecule has 2 rings (SSSR count). The van der Waals surface area contributed by atoms with E-state index in [-0.39, 0.29) is 5.92 Å². The van der Waals surface area contributed by atoms with Crippen LogP contribution in [0.3, 0.4) is 0 Å². The molecule has 0 aliphatic carbocycles. The number of benzene rings is 2. The summed E-state index contributed by atoms with van der Waals surface area (Å²) in [6.45, 7) is 3.37. The first-order chi connectivity index (χ1) is 14.3. The third kappa shape index (κ3) is 7.40. The lowest BCUT2D eigenvalue weighted by Gasteiger charge is -2.19. The molecule has 0 spiro atoms. The van der Waals surface area contributed by atoms with Crippen LogP contribution in [0.2, 0.25) is 5.02 Å². The van der Waals surface area contributed by atoms with Gasteiger partial charge in [-0.05, 0) is 48.7 Å². The molecule has 7 nitrogen and oxygen atoms in total. The van der Waals surface area contributed by atoms with Gasteiger partial charge >= 0.3 is 5.97 Å². The van der Waals surface area contributed by atoms with E-state index in [2.05, 4.69) is 10.6 Å². The first-order valence-corrected chi connectivity index (χ1v) is 9.83. The summed E-state index contributed by atoms with van der Waals surface area (Å²) in [5.41, 5.74) is 0.891. The predicted octanol–water partition coefficient (Wildman–Crippen LogP) is 3.68. The maximum Gasteiger partial charge on any atom is 0.329 e. The molecule has 0 fully saturated rings. The fraction of sp³-hybridized carbons (Fsp3) is 0.318.